The summed E-state index contributed by atoms with van der Waals surface area (Å²) in [5.74, 6) is -5.24. The molecular weight excluding hydrogens is 739 g/mol. The molecule has 2 aliphatic carbocycles. The van der Waals surface area contributed by atoms with Gasteiger partial charge < -0.3 is 15.2 Å². The third kappa shape index (κ3) is 4.99. The van der Waals surface area contributed by atoms with Crippen LogP contribution < -0.4 is 15.3 Å². The van der Waals surface area contributed by atoms with E-state index in [1.54, 1.807) is 73.3 Å². The molecule has 6 unspecified atom stereocenters. The molecule has 4 heterocycles. The van der Waals surface area contributed by atoms with Crippen molar-refractivity contribution in [2.45, 2.75) is 39.5 Å². The van der Waals surface area contributed by atoms with E-state index in [9.17, 15) is 29.5 Å². The van der Waals surface area contributed by atoms with E-state index < -0.39 is 65.8 Å². The molecule has 3 N–H and O–H groups in total. The molecule has 2 saturated heterocycles. The topological polar surface area (TPSA) is 153 Å². The summed E-state index contributed by atoms with van der Waals surface area (Å²) < 4.78 is 2.57. The van der Waals surface area contributed by atoms with Crippen molar-refractivity contribution in [3.63, 3.8) is 0 Å². The quantitative estimate of drug-likeness (QED) is 0.122. The number of aromatic nitrogens is 2. The van der Waals surface area contributed by atoms with Crippen molar-refractivity contribution in [1.82, 2.24) is 9.78 Å². The van der Waals surface area contributed by atoms with Crippen LogP contribution in [0, 0.1) is 42.9 Å². The van der Waals surface area contributed by atoms with Gasteiger partial charge in [0.2, 0.25) is 23.6 Å². The lowest BCUT2D eigenvalue weighted by molar-refractivity contribution is -0.131. The van der Waals surface area contributed by atoms with E-state index in [0.717, 1.165) is 31.0 Å². The van der Waals surface area contributed by atoms with Crippen LogP contribution >= 0.6 is 22.9 Å². The van der Waals surface area contributed by atoms with Gasteiger partial charge in [-0.1, -0.05) is 53.6 Å². The number of halogens is 1. The molecule has 0 spiro atoms. The Balaban J connectivity index is 1.15. The van der Waals surface area contributed by atoms with Gasteiger partial charge in [0.05, 0.1) is 33.7 Å². The highest BCUT2D eigenvalue weighted by Gasteiger charge is 2.68. The number of allylic oxidation sites excluding steroid dienone is 2. The Morgan fingerprint density at radius 1 is 0.927 bits per heavy atom. The lowest BCUT2D eigenvalue weighted by Crippen LogP contribution is -2.49. The van der Waals surface area contributed by atoms with Crippen molar-refractivity contribution in [2.24, 2.45) is 36.1 Å². The van der Waals surface area contributed by atoms with Crippen LogP contribution in [0.15, 0.2) is 78.4 Å². The summed E-state index contributed by atoms with van der Waals surface area (Å²) in [6.45, 7) is 5.54. The molecule has 3 aromatic carbocycles. The largest absolute Gasteiger partial charge is 0.507 e. The van der Waals surface area contributed by atoms with Gasteiger partial charge in [0.1, 0.15) is 17.3 Å². The van der Waals surface area contributed by atoms with Crippen LogP contribution in [0.5, 0.6) is 5.75 Å². The van der Waals surface area contributed by atoms with Gasteiger partial charge in [-0.2, -0.15) is 5.10 Å². The number of aromatic hydroxyl groups is 1. The minimum atomic E-state index is -1.79. The molecular formula is C41H36BClN4O7S. The van der Waals surface area contributed by atoms with Gasteiger partial charge in [-0.15, -0.1) is 11.3 Å². The molecule has 55 heavy (non-hydrogen) atoms. The van der Waals surface area contributed by atoms with Crippen LogP contribution in [-0.2, 0) is 26.2 Å². The summed E-state index contributed by atoms with van der Waals surface area (Å²) in [5, 5.41) is 37.6. The zero-order valence-electron chi connectivity index (χ0n) is 30.4. The highest BCUT2D eigenvalue weighted by Crippen LogP contribution is 2.64. The molecule has 5 aromatic rings. The molecule has 11 nitrogen and oxygen atoms in total. The standard InChI is InChI=1S/C41H36BClN4O7S/c1-19-7-5-10-26(35(19)48)34-24-12-13-25-33(39(51)46(37(25)49)23-9-6-8-21(15-23)42(53)54)28(24)17-29-38(50)47(40(52)41(29,34)3)32-18-30(44-45(32)4)36-20(2)27-16-22(43)11-14-31(27)55-36/h5-12,14-16,18,25,28-29,33-34,48,53-54H,13,17H2,1-4H3. The van der Waals surface area contributed by atoms with E-state index in [4.69, 9.17) is 16.7 Å². The number of hydrogen-bond acceptors (Lipinski definition) is 9. The Morgan fingerprint density at radius 2 is 1.69 bits per heavy atom. The van der Waals surface area contributed by atoms with Gasteiger partial charge in [0.25, 0.3) is 0 Å². The minimum Gasteiger partial charge on any atom is -0.507 e. The fourth-order valence-electron chi connectivity index (χ4n) is 9.79. The molecule has 6 atom stereocenters. The number of thiophene rings is 1. The average Bonchev–Trinajstić information content (AvgIpc) is 3.83. The maximum Gasteiger partial charge on any atom is 0.488 e. The number of carbonyl (C=O) groups is 4. The number of hydrogen-bond donors (Lipinski definition) is 3. The van der Waals surface area contributed by atoms with Gasteiger partial charge >= 0.3 is 7.12 Å². The molecule has 1 saturated carbocycles. The first-order valence-corrected chi connectivity index (χ1v) is 19.4. The number of phenolic OH excluding ortho intramolecular Hbond substituents is 1. The fourth-order valence-corrected chi connectivity index (χ4v) is 11.1. The second-order valence-corrected chi connectivity index (χ2v) is 16.9. The predicted molar refractivity (Wildman–Crippen MR) is 210 cm³/mol. The van der Waals surface area contributed by atoms with E-state index in [1.165, 1.54) is 17.0 Å². The zero-order valence-corrected chi connectivity index (χ0v) is 31.9. The Bertz CT molecular complexity index is 2560. The van der Waals surface area contributed by atoms with Crippen molar-refractivity contribution in [2.75, 3.05) is 9.80 Å². The fraction of sp³-hybridized carbons (Fsp3) is 0.293. The first kappa shape index (κ1) is 35.6. The number of rotatable bonds is 5. The third-order valence-corrected chi connectivity index (χ3v) is 14.0. The Labute approximate surface area is 325 Å². The van der Waals surface area contributed by atoms with Gasteiger partial charge in [-0.3, -0.25) is 28.8 Å². The van der Waals surface area contributed by atoms with Crippen LogP contribution in [0.25, 0.3) is 20.7 Å². The molecule has 2 aliphatic heterocycles. The second kappa shape index (κ2) is 12.5. The van der Waals surface area contributed by atoms with E-state index in [-0.39, 0.29) is 29.7 Å². The first-order valence-electron chi connectivity index (χ1n) is 18.2. The summed E-state index contributed by atoms with van der Waals surface area (Å²) in [7, 11) is -0.0955. The lowest BCUT2D eigenvalue weighted by atomic mass is 9.51. The number of aryl methyl sites for hydroxylation is 3. The van der Waals surface area contributed by atoms with Crippen molar-refractivity contribution in [1.29, 1.82) is 0 Å². The Morgan fingerprint density at radius 3 is 2.45 bits per heavy atom. The smallest absolute Gasteiger partial charge is 0.488 e. The molecule has 9 rings (SSSR count). The molecule has 14 heteroatoms. The number of carbonyl (C=O) groups excluding carboxylic acids is 4. The maximum atomic E-state index is 15.1. The molecule has 2 aromatic heterocycles. The predicted octanol–water partition coefficient (Wildman–Crippen LogP) is 5.39. The molecule has 0 radical (unpaired) electrons. The van der Waals surface area contributed by atoms with Gasteiger partial charge in [0.15, 0.2) is 0 Å². The normalized spacial score (nSPS) is 26.1. The van der Waals surface area contributed by atoms with Gasteiger partial charge in [-0.05, 0) is 91.8 Å². The highest BCUT2D eigenvalue weighted by atomic mass is 35.5. The number of nitrogens with zero attached hydrogens (tertiary/aromatic N) is 4. The van der Waals surface area contributed by atoms with Crippen LogP contribution in [0.2, 0.25) is 5.02 Å². The lowest BCUT2D eigenvalue weighted by Gasteiger charge is -2.49. The summed E-state index contributed by atoms with van der Waals surface area (Å²) in [6, 6.07) is 18.8. The van der Waals surface area contributed by atoms with Crippen molar-refractivity contribution in [3.8, 4) is 16.3 Å². The zero-order chi connectivity index (χ0) is 38.8. The van der Waals surface area contributed by atoms with Crippen molar-refractivity contribution < 1.29 is 34.3 Å². The number of fused-ring (bicyclic) bond motifs is 5. The molecule has 3 fully saturated rings. The molecule has 278 valence electrons. The number of amides is 4. The van der Waals surface area contributed by atoms with Crippen molar-refractivity contribution in [3.05, 3.63) is 100 Å². The van der Waals surface area contributed by atoms with Gasteiger partial charge in [-0.25, -0.2) is 4.90 Å². The van der Waals surface area contributed by atoms with Gasteiger partial charge in [0, 0.05) is 34.3 Å². The number of phenols is 1. The molecule has 0 bridgehead atoms. The summed E-state index contributed by atoms with van der Waals surface area (Å²) in [4.78, 5) is 61.7. The SMILES string of the molecule is Cc1cccc(C2C3=CCC4C(=O)N(c5cccc(B(O)O)c5)C(=O)C4C3CC3C(=O)N(c4cc(-c5sc6ccc(Cl)cc6c5C)nn4C)C(=O)C32C)c1O. The summed E-state index contributed by atoms with van der Waals surface area (Å²) in [5.41, 5.74) is 2.42. The molecule has 4 amide bonds. The van der Waals surface area contributed by atoms with E-state index in [1.807, 2.05) is 31.2 Å². The number of benzene rings is 3. The first-order chi connectivity index (χ1) is 26.2. The number of anilines is 2. The molecule has 4 aliphatic rings. The van der Waals surface area contributed by atoms with E-state index in [2.05, 4.69) is 0 Å². The number of para-hydroxylation sites is 1. The highest BCUT2D eigenvalue weighted by molar-refractivity contribution is 7.22. The Hall–Kier alpha value is -5.08. The summed E-state index contributed by atoms with van der Waals surface area (Å²) >= 11 is 7.86. The van der Waals surface area contributed by atoms with E-state index >= 15 is 4.79 Å². The second-order valence-electron chi connectivity index (χ2n) is 15.4. The van der Waals surface area contributed by atoms with Crippen LogP contribution in [0.1, 0.15) is 42.4 Å². The maximum absolute atomic E-state index is 15.1. The van der Waals surface area contributed by atoms with Crippen LogP contribution in [0.3, 0.4) is 0 Å². The summed E-state index contributed by atoms with van der Waals surface area (Å²) in [6.07, 6.45) is 2.29. The van der Waals surface area contributed by atoms with Crippen LogP contribution in [-0.4, -0.2) is 55.7 Å². The number of imide groups is 2. The Kier molecular flexibility index (Phi) is 8.08. The van der Waals surface area contributed by atoms with Crippen molar-refractivity contribution >= 4 is 80.7 Å². The third-order valence-electron chi connectivity index (χ3n) is 12.5. The monoisotopic (exact) mass is 774 g/mol. The minimum absolute atomic E-state index is 0.00725. The van der Waals surface area contributed by atoms with Crippen LogP contribution in [0.4, 0.5) is 11.5 Å². The average molecular weight is 775 g/mol. The van der Waals surface area contributed by atoms with E-state index in [0.29, 0.717) is 27.7 Å².